The Kier molecular flexibility index (Phi) is 6.32. The molecule has 0 aliphatic heterocycles. The molecule has 0 spiro atoms. The number of ether oxygens (including phenoxy) is 1. The topological polar surface area (TPSA) is 69.0 Å². The number of nitrogens with one attached hydrogen (secondary N) is 1. The Morgan fingerprint density at radius 2 is 1.79 bits per heavy atom. The lowest BCUT2D eigenvalue weighted by Gasteiger charge is -2.19. The molecule has 6 heteroatoms. The molecule has 0 saturated heterocycles. The summed E-state index contributed by atoms with van der Waals surface area (Å²) in [6.07, 6.45) is 3.46. The van der Waals surface area contributed by atoms with E-state index in [2.05, 4.69) is 48.3 Å². The van der Waals surface area contributed by atoms with Crippen molar-refractivity contribution in [3.63, 3.8) is 0 Å². The van der Waals surface area contributed by atoms with Gasteiger partial charge in [0.15, 0.2) is 0 Å². The molecule has 1 heterocycles. The summed E-state index contributed by atoms with van der Waals surface area (Å²) in [5.74, 6) is 0.742. The Bertz CT molecular complexity index is 911. The minimum Gasteiger partial charge on any atom is -0.493 e. The normalized spacial score (nSPS) is 12.4. The molecule has 0 fully saturated rings. The van der Waals surface area contributed by atoms with Gasteiger partial charge in [0.1, 0.15) is 18.4 Å². The maximum absolute atomic E-state index is 12.2. The first-order valence-corrected chi connectivity index (χ1v) is 9.80. The van der Waals surface area contributed by atoms with Crippen LogP contribution in [0.2, 0.25) is 0 Å². The molecule has 0 aliphatic rings. The van der Waals surface area contributed by atoms with Crippen LogP contribution in [0.15, 0.2) is 61.2 Å². The van der Waals surface area contributed by atoms with Crippen molar-refractivity contribution in [1.29, 1.82) is 0 Å². The fourth-order valence-electron chi connectivity index (χ4n) is 2.97. The van der Waals surface area contributed by atoms with Crippen LogP contribution in [0.5, 0.6) is 5.75 Å². The van der Waals surface area contributed by atoms with Gasteiger partial charge in [-0.15, -0.1) is 0 Å². The quantitative estimate of drug-likeness (QED) is 0.654. The Morgan fingerprint density at radius 3 is 2.38 bits per heavy atom. The summed E-state index contributed by atoms with van der Waals surface area (Å²) in [4.78, 5) is 16.2. The van der Waals surface area contributed by atoms with Crippen molar-refractivity contribution >= 4 is 5.91 Å². The minimum absolute atomic E-state index is 0.0378. The van der Waals surface area contributed by atoms with E-state index in [0.29, 0.717) is 13.0 Å². The Labute approximate surface area is 171 Å². The van der Waals surface area contributed by atoms with Gasteiger partial charge in [0, 0.05) is 0 Å². The zero-order valence-electron chi connectivity index (χ0n) is 17.4. The molecule has 1 N–H and O–H groups in total. The van der Waals surface area contributed by atoms with Gasteiger partial charge in [-0.2, -0.15) is 5.10 Å². The number of hydrogen-bond acceptors (Lipinski definition) is 4. The molecule has 1 unspecified atom stereocenters. The monoisotopic (exact) mass is 392 g/mol. The number of amides is 1. The van der Waals surface area contributed by atoms with E-state index in [1.54, 1.807) is 11.0 Å². The number of nitrogens with zero attached hydrogens (tertiary/aromatic N) is 3. The molecule has 29 heavy (non-hydrogen) atoms. The highest BCUT2D eigenvalue weighted by atomic mass is 16.5. The number of benzene rings is 2. The van der Waals surface area contributed by atoms with Gasteiger partial charge in [0.05, 0.1) is 24.8 Å². The molecular weight excluding hydrogens is 364 g/mol. The van der Waals surface area contributed by atoms with Crippen molar-refractivity contribution in [3.05, 3.63) is 72.3 Å². The van der Waals surface area contributed by atoms with Crippen molar-refractivity contribution < 1.29 is 9.53 Å². The predicted molar refractivity (Wildman–Crippen MR) is 113 cm³/mol. The Balaban J connectivity index is 1.45. The van der Waals surface area contributed by atoms with Crippen LogP contribution in [-0.4, -0.2) is 27.3 Å². The van der Waals surface area contributed by atoms with Gasteiger partial charge in [-0.05, 0) is 47.7 Å². The number of aromatic nitrogens is 3. The summed E-state index contributed by atoms with van der Waals surface area (Å²) in [5.41, 5.74) is 3.32. The van der Waals surface area contributed by atoms with Gasteiger partial charge < -0.3 is 10.1 Å². The van der Waals surface area contributed by atoms with E-state index in [4.69, 9.17) is 4.74 Å². The average molecular weight is 393 g/mol. The van der Waals surface area contributed by atoms with E-state index in [1.165, 1.54) is 11.9 Å². The molecule has 3 rings (SSSR count). The number of rotatable bonds is 7. The van der Waals surface area contributed by atoms with Gasteiger partial charge in [-0.25, -0.2) is 9.67 Å². The lowest BCUT2D eigenvalue weighted by Crippen LogP contribution is -2.27. The molecule has 0 radical (unpaired) electrons. The van der Waals surface area contributed by atoms with Gasteiger partial charge in [-0.1, -0.05) is 45.0 Å². The average Bonchev–Trinajstić information content (AvgIpc) is 3.22. The van der Waals surface area contributed by atoms with Gasteiger partial charge in [0.25, 0.3) is 0 Å². The zero-order valence-corrected chi connectivity index (χ0v) is 17.4. The van der Waals surface area contributed by atoms with Crippen molar-refractivity contribution in [2.45, 2.75) is 45.6 Å². The van der Waals surface area contributed by atoms with E-state index >= 15 is 0 Å². The van der Waals surface area contributed by atoms with Crippen LogP contribution in [0, 0.1) is 0 Å². The summed E-state index contributed by atoms with van der Waals surface area (Å²) in [5, 5.41) is 7.12. The summed E-state index contributed by atoms with van der Waals surface area (Å²) < 4.78 is 7.41. The third kappa shape index (κ3) is 5.67. The van der Waals surface area contributed by atoms with E-state index in [9.17, 15) is 4.79 Å². The van der Waals surface area contributed by atoms with Crippen LogP contribution in [0.25, 0.3) is 5.69 Å². The summed E-state index contributed by atoms with van der Waals surface area (Å²) in [6, 6.07) is 15.8. The zero-order chi connectivity index (χ0) is 20.9. The first-order valence-electron chi connectivity index (χ1n) is 9.80. The smallest absolute Gasteiger partial charge is 0.223 e. The standard InChI is InChI=1S/C23H28N4O2/c1-17(18-5-9-20(10-6-18)27-16-24-15-25-27)26-22(28)13-14-29-21-11-7-19(8-12-21)23(2,3)4/h5-12,15-17H,13-14H2,1-4H3,(H,26,28). The number of hydrogen-bond donors (Lipinski definition) is 1. The largest absolute Gasteiger partial charge is 0.493 e. The van der Waals surface area contributed by atoms with Crippen LogP contribution in [0.1, 0.15) is 51.3 Å². The molecule has 152 valence electrons. The Morgan fingerprint density at radius 1 is 1.10 bits per heavy atom. The molecule has 1 amide bonds. The molecule has 0 bridgehead atoms. The van der Waals surface area contributed by atoms with Gasteiger partial charge in [0.2, 0.25) is 5.91 Å². The molecule has 0 saturated carbocycles. The lowest BCUT2D eigenvalue weighted by molar-refractivity contribution is -0.122. The fraction of sp³-hybridized carbons (Fsp3) is 0.348. The van der Waals surface area contributed by atoms with E-state index in [-0.39, 0.29) is 17.4 Å². The Hall–Kier alpha value is -3.15. The van der Waals surface area contributed by atoms with Crippen molar-refractivity contribution in [2.75, 3.05) is 6.61 Å². The second kappa shape index (κ2) is 8.90. The molecule has 1 atom stereocenters. The van der Waals surface area contributed by atoms with Crippen LogP contribution in [-0.2, 0) is 10.2 Å². The number of carbonyl (C=O) groups excluding carboxylic acids is 1. The van der Waals surface area contributed by atoms with Crippen LogP contribution in [0.4, 0.5) is 0 Å². The van der Waals surface area contributed by atoms with Crippen LogP contribution >= 0.6 is 0 Å². The highest BCUT2D eigenvalue weighted by molar-refractivity contribution is 5.76. The van der Waals surface area contributed by atoms with Crippen molar-refractivity contribution in [1.82, 2.24) is 20.1 Å². The molecular formula is C23H28N4O2. The maximum Gasteiger partial charge on any atom is 0.223 e. The third-order valence-electron chi connectivity index (χ3n) is 4.77. The van der Waals surface area contributed by atoms with Gasteiger partial charge in [-0.3, -0.25) is 4.79 Å². The first kappa shape index (κ1) is 20.6. The van der Waals surface area contributed by atoms with Crippen LogP contribution < -0.4 is 10.1 Å². The lowest BCUT2D eigenvalue weighted by atomic mass is 9.87. The summed E-state index contributed by atoms with van der Waals surface area (Å²) >= 11 is 0. The summed E-state index contributed by atoms with van der Waals surface area (Å²) in [6.45, 7) is 8.84. The minimum atomic E-state index is -0.0848. The first-order chi connectivity index (χ1) is 13.8. The SMILES string of the molecule is CC(NC(=O)CCOc1ccc(C(C)(C)C)cc1)c1ccc(-n2cncn2)cc1. The third-order valence-corrected chi connectivity index (χ3v) is 4.77. The van der Waals surface area contributed by atoms with Crippen molar-refractivity contribution in [2.24, 2.45) is 0 Å². The van der Waals surface area contributed by atoms with E-state index in [0.717, 1.165) is 17.0 Å². The van der Waals surface area contributed by atoms with Gasteiger partial charge >= 0.3 is 0 Å². The van der Waals surface area contributed by atoms with E-state index < -0.39 is 0 Å². The molecule has 1 aromatic heterocycles. The highest BCUT2D eigenvalue weighted by Crippen LogP contribution is 2.24. The second-order valence-electron chi connectivity index (χ2n) is 8.09. The predicted octanol–water partition coefficient (Wildman–Crippen LogP) is 4.21. The fourth-order valence-corrected chi connectivity index (χ4v) is 2.97. The van der Waals surface area contributed by atoms with E-state index in [1.807, 2.05) is 43.3 Å². The van der Waals surface area contributed by atoms with Crippen LogP contribution in [0.3, 0.4) is 0 Å². The van der Waals surface area contributed by atoms with Crippen molar-refractivity contribution in [3.8, 4) is 11.4 Å². The molecule has 3 aromatic rings. The molecule has 2 aromatic carbocycles. The molecule has 6 nitrogen and oxygen atoms in total. The summed E-state index contributed by atoms with van der Waals surface area (Å²) in [7, 11) is 0. The highest BCUT2D eigenvalue weighted by Gasteiger charge is 2.13. The number of carbonyl (C=O) groups is 1. The molecule has 0 aliphatic carbocycles. The second-order valence-corrected chi connectivity index (χ2v) is 8.09. The maximum atomic E-state index is 12.2.